The summed E-state index contributed by atoms with van der Waals surface area (Å²) in [7, 11) is 0. The second-order valence-corrected chi connectivity index (χ2v) is 9.34. The number of nitrogens with one attached hydrogen (secondary N) is 1. The summed E-state index contributed by atoms with van der Waals surface area (Å²) < 4.78 is 7.11. The van der Waals surface area contributed by atoms with E-state index in [1.165, 1.54) is 0 Å². The lowest BCUT2D eigenvalue weighted by molar-refractivity contribution is -0.126. The van der Waals surface area contributed by atoms with E-state index in [2.05, 4.69) is 10.4 Å². The lowest BCUT2D eigenvalue weighted by Crippen LogP contribution is -2.64. The number of fused-ring (bicyclic) bond motifs is 1. The summed E-state index contributed by atoms with van der Waals surface area (Å²) in [5.74, 6) is 0.0505. The number of aryl methyl sites for hydroxylation is 3. The minimum atomic E-state index is -1.19. The van der Waals surface area contributed by atoms with Gasteiger partial charge in [0.2, 0.25) is 5.91 Å². The van der Waals surface area contributed by atoms with Crippen molar-refractivity contribution in [1.29, 1.82) is 0 Å². The number of rotatable bonds is 5. The molecule has 1 aliphatic heterocycles. The standard InChI is InChI=1S/C28H28N4O3/c1-18-11-12-22(14-20(18)3)32-26(33)24-15-23(25-10-7-13-35-25)30-31(24)17-28(32,4)27(34)29-16-21-9-6-5-8-19(21)2/h5-15H,16-17H2,1-4H3,(H,29,34)/t28-/m0/s1. The second kappa shape index (κ2) is 8.58. The Hall–Kier alpha value is -4.13. The van der Waals surface area contributed by atoms with Gasteiger partial charge in [-0.15, -0.1) is 0 Å². The summed E-state index contributed by atoms with van der Waals surface area (Å²) in [4.78, 5) is 29.3. The zero-order chi connectivity index (χ0) is 24.7. The first-order chi connectivity index (χ1) is 16.8. The highest BCUT2D eigenvalue weighted by Crippen LogP contribution is 2.35. The van der Waals surface area contributed by atoms with Gasteiger partial charge in [0.1, 0.15) is 16.9 Å². The molecule has 0 saturated heterocycles. The van der Waals surface area contributed by atoms with Crippen LogP contribution in [0.4, 0.5) is 5.69 Å². The largest absolute Gasteiger partial charge is 0.463 e. The quantitative estimate of drug-likeness (QED) is 0.456. The molecule has 1 atom stereocenters. The van der Waals surface area contributed by atoms with Gasteiger partial charge < -0.3 is 9.73 Å². The van der Waals surface area contributed by atoms with Crippen LogP contribution in [0.5, 0.6) is 0 Å². The molecule has 0 fully saturated rings. The number of amides is 2. The Labute approximate surface area is 204 Å². The van der Waals surface area contributed by atoms with Crippen LogP contribution in [0.25, 0.3) is 11.5 Å². The SMILES string of the molecule is Cc1ccc(N2C(=O)c3cc(-c4ccco4)nn3C[C@@]2(C)C(=O)NCc2ccccc2C)cc1C. The molecule has 0 radical (unpaired) electrons. The third-order valence-corrected chi connectivity index (χ3v) is 6.87. The van der Waals surface area contributed by atoms with Crippen molar-refractivity contribution in [2.45, 2.75) is 46.3 Å². The van der Waals surface area contributed by atoms with Crippen molar-refractivity contribution in [3.8, 4) is 11.5 Å². The normalized spacial score (nSPS) is 17.4. The Morgan fingerprint density at radius 1 is 1.03 bits per heavy atom. The van der Waals surface area contributed by atoms with Gasteiger partial charge in [-0.25, -0.2) is 0 Å². The molecule has 35 heavy (non-hydrogen) atoms. The molecule has 1 N–H and O–H groups in total. The summed E-state index contributed by atoms with van der Waals surface area (Å²) in [5, 5.41) is 7.68. The molecule has 178 valence electrons. The molecule has 0 unspecified atom stereocenters. The fourth-order valence-corrected chi connectivity index (χ4v) is 4.57. The van der Waals surface area contributed by atoms with Gasteiger partial charge >= 0.3 is 0 Å². The fourth-order valence-electron chi connectivity index (χ4n) is 4.57. The van der Waals surface area contributed by atoms with Gasteiger partial charge in [0.15, 0.2) is 5.76 Å². The predicted octanol–water partition coefficient (Wildman–Crippen LogP) is 4.80. The fraction of sp³-hybridized carbons (Fsp3) is 0.250. The van der Waals surface area contributed by atoms with E-state index in [1.54, 1.807) is 41.0 Å². The molecule has 0 bridgehead atoms. The van der Waals surface area contributed by atoms with Crippen molar-refractivity contribution < 1.29 is 14.0 Å². The summed E-state index contributed by atoms with van der Waals surface area (Å²) in [5.41, 5.74) is 4.76. The molecule has 7 nitrogen and oxygen atoms in total. The van der Waals surface area contributed by atoms with Crippen molar-refractivity contribution in [3.05, 3.63) is 94.9 Å². The number of hydrogen-bond acceptors (Lipinski definition) is 4. The molecule has 2 aromatic heterocycles. The van der Waals surface area contributed by atoms with Crippen LogP contribution in [0.2, 0.25) is 0 Å². The highest BCUT2D eigenvalue weighted by molar-refractivity contribution is 6.12. The topological polar surface area (TPSA) is 80.4 Å². The Bertz CT molecular complexity index is 1420. The number of hydrogen-bond donors (Lipinski definition) is 1. The summed E-state index contributed by atoms with van der Waals surface area (Å²) in [6.45, 7) is 8.42. The summed E-state index contributed by atoms with van der Waals surface area (Å²) in [6.07, 6.45) is 1.57. The number of nitrogens with zero attached hydrogens (tertiary/aromatic N) is 3. The summed E-state index contributed by atoms with van der Waals surface area (Å²) >= 11 is 0. The molecule has 2 amide bonds. The van der Waals surface area contributed by atoms with Crippen molar-refractivity contribution in [1.82, 2.24) is 15.1 Å². The van der Waals surface area contributed by atoms with Crippen molar-refractivity contribution in [2.75, 3.05) is 4.90 Å². The van der Waals surface area contributed by atoms with E-state index in [4.69, 9.17) is 4.42 Å². The van der Waals surface area contributed by atoms with Gasteiger partial charge in [-0.05, 0) is 74.2 Å². The van der Waals surface area contributed by atoms with Crippen LogP contribution in [0.3, 0.4) is 0 Å². The number of benzene rings is 2. The number of furan rings is 1. The second-order valence-electron chi connectivity index (χ2n) is 9.34. The lowest BCUT2D eigenvalue weighted by Gasteiger charge is -2.43. The lowest BCUT2D eigenvalue weighted by atomic mass is 9.93. The molecule has 5 rings (SSSR count). The zero-order valence-corrected chi connectivity index (χ0v) is 20.3. The maximum atomic E-state index is 13.9. The molecule has 3 heterocycles. The van der Waals surface area contributed by atoms with E-state index < -0.39 is 5.54 Å². The third-order valence-electron chi connectivity index (χ3n) is 6.87. The molecule has 0 spiro atoms. The maximum absolute atomic E-state index is 13.9. The smallest absolute Gasteiger partial charge is 0.277 e. The first-order valence-corrected chi connectivity index (χ1v) is 11.6. The highest BCUT2D eigenvalue weighted by atomic mass is 16.3. The van der Waals surface area contributed by atoms with Crippen molar-refractivity contribution >= 4 is 17.5 Å². The maximum Gasteiger partial charge on any atom is 0.277 e. The van der Waals surface area contributed by atoms with Gasteiger partial charge in [0.05, 0.1) is 12.8 Å². The number of carbonyl (C=O) groups excluding carboxylic acids is 2. The molecule has 4 aromatic rings. The van der Waals surface area contributed by atoms with Gasteiger partial charge in [0, 0.05) is 18.3 Å². The van der Waals surface area contributed by atoms with Crippen molar-refractivity contribution in [2.24, 2.45) is 0 Å². The number of carbonyl (C=O) groups is 2. The van der Waals surface area contributed by atoms with Crippen LogP contribution < -0.4 is 10.2 Å². The Morgan fingerprint density at radius 3 is 2.54 bits per heavy atom. The van der Waals surface area contributed by atoms with Gasteiger partial charge in [0.25, 0.3) is 5.91 Å². The van der Waals surface area contributed by atoms with E-state index in [0.29, 0.717) is 29.4 Å². The minimum Gasteiger partial charge on any atom is -0.463 e. The van der Waals surface area contributed by atoms with Crippen LogP contribution in [0.15, 0.2) is 71.3 Å². The summed E-state index contributed by atoms with van der Waals surface area (Å²) in [6, 6.07) is 19.1. The molecule has 0 aliphatic carbocycles. The van der Waals surface area contributed by atoms with Crippen LogP contribution in [-0.4, -0.2) is 27.1 Å². The number of anilines is 1. The highest BCUT2D eigenvalue weighted by Gasteiger charge is 2.49. The van der Waals surface area contributed by atoms with Gasteiger partial charge in [-0.1, -0.05) is 30.3 Å². The molecule has 7 heteroatoms. The predicted molar refractivity (Wildman–Crippen MR) is 134 cm³/mol. The molecular formula is C28H28N4O3. The average molecular weight is 469 g/mol. The third kappa shape index (κ3) is 3.93. The molecule has 0 saturated carbocycles. The Balaban J connectivity index is 1.56. The molecule has 2 aromatic carbocycles. The van der Waals surface area contributed by atoms with Crippen LogP contribution in [-0.2, 0) is 17.9 Å². The zero-order valence-electron chi connectivity index (χ0n) is 20.3. The molecule has 1 aliphatic rings. The van der Waals surface area contributed by atoms with E-state index >= 15 is 0 Å². The van der Waals surface area contributed by atoms with Crippen molar-refractivity contribution in [3.63, 3.8) is 0 Å². The first kappa shape index (κ1) is 22.7. The van der Waals surface area contributed by atoms with Crippen LogP contribution in [0, 0.1) is 20.8 Å². The first-order valence-electron chi connectivity index (χ1n) is 11.6. The Morgan fingerprint density at radius 2 is 1.83 bits per heavy atom. The van der Waals surface area contributed by atoms with Gasteiger partial charge in [-0.2, -0.15) is 5.10 Å². The van der Waals surface area contributed by atoms with Crippen LogP contribution >= 0.6 is 0 Å². The average Bonchev–Trinajstić information content (AvgIpc) is 3.51. The molecular weight excluding hydrogens is 440 g/mol. The van der Waals surface area contributed by atoms with E-state index in [-0.39, 0.29) is 18.4 Å². The monoisotopic (exact) mass is 468 g/mol. The minimum absolute atomic E-state index is 0.210. The van der Waals surface area contributed by atoms with Crippen LogP contribution in [0.1, 0.15) is 39.7 Å². The van der Waals surface area contributed by atoms with E-state index in [9.17, 15) is 9.59 Å². The van der Waals surface area contributed by atoms with E-state index in [1.807, 2.05) is 63.2 Å². The van der Waals surface area contributed by atoms with Gasteiger partial charge in [-0.3, -0.25) is 19.2 Å². The van der Waals surface area contributed by atoms with E-state index in [0.717, 1.165) is 22.3 Å². The number of aromatic nitrogens is 2. The Kier molecular flexibility index (Phi) is 5.55.